The fourth-order valence-corrected chi connectivity index (χ4v) is 4.99. The van der Waals surface area contributed by atoms with Gasteiger partial charge in [0, 0.05) is 5.69 Å². The van der Waals surface area contributed by atoms with E-state index in [-0.39, 0.29) is 28.5 Å². The van der Waals surface area contributed by atoms with Crippen molar-refractivity contribution in [1.29, 1.82) is 0 Å². The highest BCUT2D eigenvalue weighted by Gasteiger charge is 2.51. The molecule has 36 heavy (non-hydrogen) atoms. The molecule has 0 aromatic heterocycles. The highest BCUT2D eigenvalue weighted by molar-refractivity contribution is 7.89. The number of anilines is 1. The van der Waals surface area contributed by atoms with E-state index in [0.717, 1.165) is 6.07 Å². The SMILES string of the molecule is CNS(=O)(=O)c1ccc(-c2ccc(NC(=O)C3(c4ccc5c(c4)OCO5)CC3)cc2C(F)(F)F)cc1. The molecular formula is C25H21F3N2O5S. The molecule has 0 unspecified atom stereocenters. The molecule has 0 bridgehead atoms. The first-order valence-corrected chi connectivity index (χ1v) is 12.5. The van der Waals surface area contributed by atoms with E-state index in [1.165, 1.54) is 43.4 Å². The fraction of sp³-hybridized carbons (Fsp3) is 0.240. The second-order valence-electron chi connectivity index (χ2n) is 8.59. The van der Waals surface area contributed by atoms with Crippen LogP contribution < -0.4 is 19.5 Å². The summed E-state index contributed by atoms with van der Waals surface area (Å²) >= 11 is 0. The second kappa shape index (κ2) is 8.52. The van der Waals surface area contributed by atoms with Crippen molar-refractivity contribution in [1.82, 2.24) is 4.72 Å². The van der Waals surface area contributed by atoms with E-state index in [2.05, 4.69) is 10.0 Å². The number of rotatable bonds is 6. The van der Waals surface area contributed by atoms with Crippen molar-refractivity contribution in [3.8, 4) is 22.6 Å². The molecule has 0 saturated heterocycles. The van der Waals surface area contributed by atoms with E-state index < -0.39 is 33.1 Å². The Kier molecular flexibility index (Phi) is 5.72. The predicted octanol–water partition coefficient (Wildman–Crippen LogP) is 4.68. The molecule has 1 fully saturated rings. The number of sulfonamides is 1. The van der Waals surface area contributed by atoms with Crippen LogP contribution in [0.1, 0.15) is 24.0 Å². The molecule has 7 nitrogen and oxygen atoms in total. The molecule has 188 valence electrons. The highest BCUT2D eigenvalue weighted by Crippen LogP contribution is 2.51. The molecule has 1 heterocycles. The molecule has 0 atom stereocenters. The molecule has 3 aromatic carbocycles. The van der Waals surface area contributed by atoms with Crippen LogP contribution >= 0.6 is 0 Å². The van der Waals surface area contributed by atoms with Crippen molar-refractivity contribution in [2.24, 2.45) is 0 Å². The Morgan fingerprint density at radius 1 is 0.944 bits per heavy atom. The Morgan fingerprint density at radius 3 is 2.28 bits per heavy atom. The maximum Gasteiger partial charge on any atom is 0.417 e. The average Bonchev–Trinajstić information content (AvgIpc) is 3.54. The molecule has 1 aliphatic heterocycles. The quantitative estimate of drug-likeness (QED) is 0.494. The molecule has 1 saturated carbocycles. The Hall–Kier alpha value is -3.57. The molecule has 2 N–H and O–H groups in total. The molecule has 3 aromatic rings. The van der Waals surface area contributed by atoms with E-state index in [0.29, 0.717) is 29.9 Å². The van der Waals surface area contributed by atoms with E-state index in [1.54, 1.807) is 18.2 Å². The van der Waals surface area contributed by atoms with Gasteiger partial charge in [-0.2, -0.15) is 13.2 Å². The Bertz CT molecular complexity index is 1450. The molecule has 1 aliphatic carbocycles. The first-order valence-electron chi connectivity index (χ1n) is 11.0. The van der Waals surface area contributed by atoms with Crippen LogP contribution in [0.2, 0.25) is 0 Å². The number of carbonyl (C=O) groups is 1. The average molecular weight is 519 g/mol. The Labute approximate surface area is 205 Å². The van der Waals surface area contributed by atoms with Crippen molar-refractivity contribution < 1.29 is 35.9 Å². The van der Waals surface area contributed by atoms with Gasteiger partial charge in [0.2, 0.25) is 22.7 Å². The van der Waals surface area contributed by atoms with Crippen molar-refractivity contribution in [2.75, 3.05) is 19.2 Å². The van der Waals surface area contributed by atoms with Crippen LogP contribution in [0, 0.1) is 0 Å². The van der Waals surface area contributed by atoms with Gasteiger partial charge < -0.3 is 14.8 Å². The van der Waals surface area contributed by atoms with Gasteiger partial charge in [-0.3, -0.25) is 4.79 Å². The number of alkyl halides is 3. The molecule has 1 amide bonds. The predicted molar refractivity (Wildman–Crippen MR) is 125 cm³/mol. The van der Waals surface area contributed by atoms with Crippen molar-refractivity contribution >= 4 is 21.6 Å². The third-order valence-corrected chi connectivity index (χ3v) is 7.87. The normalized spacial score (nSPS) is 16.0. The van der Waals surface area contributed by atoms with Crippen LogP contribution in [0.15, 0.2) is 65.6 Å². The minimum absolute atomic E-state index is 0.0116. The van der Waals surface area contributed by atoms with E-state index in [9.17, 15) is 26.4 Å². The zero-order valence-electron chi connectivity index (χ0n) is 19.0. The lowest BCUT2D eigenvalue weighted by atomic mass is 9.94. The number of carbonyl (C=O) groups excluding carboxylic acids is 1. The summed E-state index contributed by atoms with van der Waals surface area (Å²) in [4.78, 5) is 13.1. The van der Waals surface area contributed by atoms with Crippen LogP contribution in [-0.4, -0.2) is 28.2 Å². The number of fused-ring (bicyclic) bond motifs is 1. The minimum atomic E-state index is -4.71. The van der Waals surface area contributed by atoms with Crippen LogP contribution in [-0.2, 0) is 26.4 Å². The summed E-state index contributed by atoms with van der Waals surface area (Å²) in [6.07, 6.45) is -3.59. The summed E-state index contributed by atoms with van der Waals surface area (Å²) in [5, 5.41) is 2.64. The molecule has 5 rings (SSSR count). The molecule has 2 aliphatic rings. The summed E-state index contributed by atoms with van der Waals surface area (Å²) in [5.41, 5.74) is -1.00. The number of hydrogen-bond acceptors (Lipinski definition) is 5. The van der Waals surface area contributed by atoms with Crippen LogP contribution in [0.4, 0.5) is 18.9 Å². The number of amides is 1. The summed E-state index contributed by atoms with van der Waals surface area (Å²) in [6, 6.07) is 13.9. The Morgan fingerprint density at radius 2 is 1.64 bits per heavy atom. The number of halogens is 3. The maximum absolute atomic E-state index is 14.0. The number of ether oxygens (including phenoxy) is 2. The first-order chi connectivity index (χ1) is 17.0. The third-order valence-electron chi connectivity index (χ3n) is 6.44. The van der Waals surface area contributed by atoms with Crippen molar-refractivity contribution in [3.63, 3.8) is 0 Å². The summed E-state index contributed by atoms with van der Waals surface area (Å²) in [6.45, 7) is 0.0958. The third kappa shape index (κ3) is 4.28. The first kappa shape index (κ1) is 24.1. The number of nitrogens with one attached hydrogen (secondary N) is 2. The maximum atomic E-state index is 14.0. The lowest BCUT2D eigenvalue weighted by Gasteiger charge is -2.19. The number of hydrogen-bond donors (Lipinski definition) is 2. The fourth-order valence-electron chi connectivity index (χ4n) is 4.26. The van der Waals surface area contributed by atoms with Crippen molar-refractivity contribution in [3.05, 3.63) is 71.8 Å². The molecule has 11 heteroatoms. The monoisotopic (exact) mass is 518 g/mol. The molecule has 0 radical (unpaired) electrons. The topological polar surface area (TPSA) is 93.7 Å². The minimum Gasteiger partial charge on any atom is -0.454 e. The Balaban J connectivity index is 1.43. The lowest BCUT2D eigenvalue weighted by Crippen LogP contribution is -2.28. The van der Waals surface area contributed by atoms with Crippen molar-refractivity contribution in [2.45, 2.75) is 29.3 Å². The van der Waals surface area contributed by atoms with Gasteiger partial charge in [0.05, 0.1) is 15.9 Å². The van der Waals surface area contributed by atoms with Gasteiger partial charge in [-0.05, 0) is 73.0 Å². The standard InChI is InChI=1S/C25H21F3N2O5S/c1-29-36(32,33)18-6-2-15(3-7-18)19-8-5-17(13-20(19)25(26,27)28)30-23(31)24(10-11-24)16-4-9-21-22(12-16)35-14-34-21/h2-9,12-13,29H,10-11,14H2,1H3,(H,30,31). The summed E-state index contributed by atoms with van der Waals surface area (Å²) in [7, 11) is -2.48. The smallest absolute Gasteiger partial charge is 0.417 e. The van der Waals surface area contributed by atoms with Gasteiger partial charge in [-0.15, -0.1) is 0 Å². The van der Waals surface area contributed by atoms with Crippen LogP contribution in [0.5, 0.6) is 11.5 Å². The zero-order chi connectivity index (χ0) is 25.7. The molecular weight excluding hydrogens is 497 g/mol. The number of benzene rings is 3. The summed E-state index contributed by atoms with van der Waals surface area (Å²) < 4.78 is 78.6. The van der Waals surface area contributed by atoms with E-state index in [1.807, 2.05) is 0 Å². The second-order valence-corrected chi connectivity index (χ2v) is 10.5. The molecule has 0 spiro atoms. The van der Waals surface area contributed by atoms with Gasteiger partial charge in [0.25, 0.3) is 0 Å². The van der Waals surface area contributed by atoms with Gasteiger partial charge in [0.1, 0.15) is 0 Å². The zero-order valence-corrected chi connectivity index (χ0v) is 19.8. The van der Waals surface area contributed by atoms with Gasteiger partial charge in [-0.25, -0.2) is 13.1 Å². The van der Waals surface area contributed by atoms with Crippen LogP contribution in [0.3, 0.4) is 0 Å². The highest BCUT2D eigenvalue weighted by atomic mass is 32.2. The lowest BCUT2D eigenvalue weighted by molar-refractivity contribution is -0.137. The summed E-state index contributed by atoms with van der Waals surface area (Å²) in [5.74, 6) is 0.713. The van der Waals surface area contributed by atoms with E-state index >= 15 is 0 Å². The van der Waals surface area contributed by atoms with Gasteiger partial charge in [0.15, 0.2) is 11.5 Å². The van der Waals surface area contributed by atoms with Gasteiger partial charge >= 0.3 is 6.18 Å². The largest absolute Gasteiger partial charge is 0.454 e. The van der Waals surface area contributed by atoms with E-state index in [4.69, 9.17) is 9.47 Å². The van der Waals surface area contributed by atoms with Gasteiger partial charge in [-0.1, -0.05) is 24.3 Å². The van der Waals surface area contributed by atoms with Crippen LogP contribution in [0.25, 0.3) is 11.1 Å².